The second kappa shape index (κ2) is 9.05. The predicted molar refractivity (Wildman–Crippen MR) is 109 cm³/mol. The fraction of sp³-hybridized carbons (Fsp3) is 0.364. The predicted octanol–water partition coefficient (Wildman–Crippen LogP) is 4.71. The minimum Gasteiger partial charge on any atom is -0.352 e. The van der Waals surface area contributed by atoms with Crippen LogP contribution in [-0.4, -0.2) is 11.8 Å². The van der Waals surface area contributed by atoms with Crippen LogP contribution in [0.2, 0.25) is 5.02 Å². The smallest absolute Gasteiger partial charge is 0.227 e. The summed E-state index contributed by atoms with van der Waals surface area (Å²) in [5.41, 5.74) is 2.83. The number of rotatable bonds is 5. The first-order valence-electron chi connectivity index (χ1n) is 9.42. The molecule has 4 nitrogen and oxygen atoms in total. The number of anilines is 1. The molecule has 1 aliphatic carbocycles. The molecule has 0 bridgehead atoms. The van der Waals surface area contributed by atoms with Crippen LogP contribution in [0.3, 0.4) is 0 Å². The van der Waals surface area contributed by atoms with Crippen molar-refractivity contribution < 1.29 is 9.59 Å². The molecule has 0 heterocycles. The van der Waals surface area contributed by atoms with Crippen molar-refractivity contribution in [2.45, 2.75) is 39.2 Å². The summed E-state index contributed by atoms with van der Waals surface area (Å²) in [5.74, 6) is 0.0409. The van der Waals surface area contributed by atoms with E-state index in [1.54, 1.807) is 0 Å². The van der Waals surface area contributed by atoms with Crippen molar-refractivity contribution in [3.8, 4) is 0 Å². The Balaban J connectivity index is 1.47. The fourth-order valence-corrected chi connectivity index (χ4v) is 3.74. The lowest BCUT2D eigenvalue weighted by Gasteiger charge is -2.27. The molecule has 1 aliphatic rings. The van der Waals surface area contributed by atoms with Crippen molar-refractivity contribution in [1.29, 1.82) is 0 Å². The molecule has 0 spiro atoms. The Kier molecular flexibility index (Phi) is 6.51. The zero-order chi connectivity index (χ0) is 19.2. The number of carbonyl (C=O) groups is 2. The molecule has 0 unspecified atom stereocenters. The van der Waals surface area contributed by atoms with Crippen LogP contribution < -0.4 is 10.6 Å². The molecule has 1 saturated carbocycles. The maximum absolute atomic E-state index is 12.5. The first kappa shape index (κ1) is 19.4. The van der Waals surface area contributed by atoms with Crippen LogP contribution >= 0.6 is 11.6 Å². The minimum absolute atomic E-state index is 0.0303. The van der Waals surface area contributed by atoms with Gasteiger partial charge in [-0.1, -0.05) is 48.0 Å². The van der Waals surface area contributed by atoms with Crippen molar-refractivity contribution in [1.82, 2.24) is 5.32 Å². The van der Waals surface area contributed by atoms with Crippen molar-refractivity contribution in [2.75, 3.05) is 5.32 Å². The Bertz CT molecular complexity index is 813. The van der Waals surface area contributed by atoms with Crippen molar-refractivity contribution in [3.05, 3.63) is 64.7 Å². The number of hydrogen-bond donors (Lipinski definition) is 2. The number of para-hydroxylation sites is 1. The second-order valence-corrected chi connectivity index (χ2v) is 7.57. The Morgan fingerprint density at radius 1 is 0.926 bits per heavy atom. The molecule has 0 aliphatic heterocycles. The van der Waals surface area contributed by atoms with E-state index in [1.807, 2.05) is 55.5 Å². The minimum atomic E-state index is -0.0324. The van der Waals surface area contributed by atoms with E-state index in [-0.39, 0.29) is 23.7 Å². The third-order valence-electron chi connectivity index (χ3n) is 5.28. The van der Waals surface area contributed by atoms with Gasteiger partial charge >= 0.3 is 0 Å². The fourth-order valence-electron chi connectivity index (χ4n) is 3.53. The summed E-state index contributed by atoms with van der Waals surface area (Å²) in [4.78, 5) is 25.0. The van der Waals surface area contributed by atoms with Gasteiger partial charge in [-0.2, -0.15) is 0 Å². The van der Waals surface area contributed by atoms with Crippen molar-refractivity contribution in [2.24, 2.45) is 11.8 Å². The van der Waals surface area contributed by atoms with Gasteiger partial charge in [-0.05, 0) is 55.9 Å². The molecule has 2 aromatic rings. The highest BCUT2D eigenvalue weighted by Crippen LogP contribution is 2.30. The Morgan fingerprint density at radius 2 is 1.52 bits per heavy atom. The third kappa shape index (κ3) is 5.10. The van der Waals surface area contributed by atoms with E-state index in [9.17, 15) is 9.59 Å². The number of carbonyl (C=O) groups excluding carboxylic acids is 2. The quantitative estimate of drug-likeness (QED) is 0.784. The van der Waals surface area contributed by atoms with E-state index in [0.29, 0.717) is 11.6 Å². The lowest BCUT2D eigenvalue weighted by molar-refractivity contribution is -0.128. The summed E-state index contributed by atoms with van der Waals surface area (Å²) in [6, 6.07) is 15.3. The van der Waals surface area contributed by atoms with E-state index >= 15 is 0 Å². The SMILES string of the molecule is Cc1ccccc1NC(=O)C1CCC(C(=O)NCc2ccccc2Cl)CC1. The zero-order valence-corrected chi connectivity index (χ0v) is 16.3. The number of benzene rings is 2. The average Bonchev–Trinajstić information content (AvgIpc) is 2.69. The summed E-state index contributed by atoms with van der Waals surface area (Å²) >= 11 is 6.13. The molecule has 3 rings (SSSR count). The first-order valence-corrected chi connectivity index (χ1v) is 9.80. The van der Waals surface area contributed by atoms with Gasteiger partial charge in [-0.25, -0.2) is 0 Å². The number of hydrogen-bond acceptors (Lipinski definition) is 2. The van der Waals surface area contributed by atoms with Crippen LogP contribution in [0.1, 0.15) is 36.8 Å². The molecular weight excluding hydrogens is 360 g/mol. The zero-order valence-electron chi connectivity index (χ0n) is 15.5. The van der Waals surface area contributed by atoms with E-state index in [1.165, 1.54) is 0 Å². The highest BCUT2D eigenvalue weighted by Gasteiger charge is 2.30. The lowest BCUT2D eigenvalue weighted by Crippen LogP contribution is -2.35. The van der Waals surface area contributed by atoms with E-state index < -0.39 is 0 Å². The van der Waals surface area contributed by atoms with Gasteiger partial charge in [0.15, 0.2) is 0 Å². The van der Waals surface area contributed by atoms with Gasteiger partial charge in [0.1, 0.15) is 0 Å². The standard InChI is InChI=1S/C22H25ClN2O2/c1-15-6-2-5-9-20(15)25-22(27)17-12-10-16(11-13-17)21(26)24-14-18-7-3-4-8-19(18)23/h2-9,16-17H,10-14H2,1H3,(H,24,26)(H,25,27). The van der Waals surface area contributed by atoms with Crippen LogP contribution in [0.5, 0.6) is 0 Å². The Morgan fingerprint density at radius 3 is 2.19 bits per heavy atom. The van der Waals surface area contributed by atoms with Gasteiger partial charge < -0.3 is 10.6 Å². The lowest BCUT2D eigenvalue weighted by atomic mass is 9.81. The molecule has 2 N–H and O–H groups in total. The maximum atomic E-state index is 12.5. The van der Waals surface area contributed by atoms with Gasteiger partial charge in [0.05, 0.1) is 0 Å². The molecule has 5 heteroatoms. The van der Waals surface area contributed by atoms with Crippen LogP contribution in [0.25, 0.3) is 0 Å². The summed E-state index contributed by atoms with van der Waals surface area (Å²) in [6.45, 7) is 2.42. The summed E-state index contributed by atoms with van der Waals surface area (Å²) in [7, 11) is 0. The van der Waals surface area contributed by atoms with Crippen LogP contribution in [0.15, 0.2) is 48.5 Å². The molecule has 2 amide bonds. The van der Waals surface area contributed by atoms with Crippen LogP contribution in [-0.2, 0) is 16.1 Å². The maximum Gasteiger partial charge on any atom is 0.227 e. The number of aryl methyl sites for hydroxylation is 1. The largest absolute Gasteiger partial charge is 0.352 e. The monoisotopic (exact) mass is 384 g/mol. The van der Waals surface area contributed by atoms with Crippen molar-refractivity contribution in [3.63, 3.8) is 0 Å². The summed E-state index contributed by atoms with van der Waals surface area (Å²) in [5, 5.41) is 6.66. The average molecular weight is 385 g/mol. The van der Waals surface area contributed by atoms with Gasteiger partial charge in [0.2, 0.25) is 11.8 Å². The third-order valence-corrected chi connectivity index (χ3v) is 5.65. The molecule has 2 aromatic carbocycles. The molecule has 0 radical (unpaired) electrons. The summed E-state index contributed by atoms with van der Waals surface area (Å²) in [6.07, 6.45) is 2.95. The van der Waals surface area contributed by atoms with E-state index in [2.05, 4.69) is 10.6 Å². The second-order valence-electron chi connectivity index (χ2n) is 7.16. The van der Waals surface area contributed by atoms with E-state index in [0.717, 1.165) is 42.5 Å². The normalized spacial score (nSPS) is 19.3. The molecule has 27 heavy (non-hydrogen) atoms. The van der Waals surface area contributed by atoms with Crippen LogP contribution in [0, 0.1) is 18.8 Å². The number of nitrogens with one attached hydrogen (secondary N) is 2. The van der Waals surface area contributed by atoms with Crippen molar-refractivity contribution >= 4 is 29.1 Å². The number of halogens is 1. The van der Waals surface area contributed by atoms with Gasteiger partial charge in [0, 0.05) is 29.1 Å². The van der Waals surface area contributed by atoms with Gasteiger partial charge in [-0.3, -0.25) is 9.59 Å². The van der Waals surface area contributed by atoms with Gasteiger partial charge in [0.25, 0.3) is 0 Å². The van der Waals surface area contributed by atoms with E-state index in [4.69, 9.17) is 11.6 Å². The molecule has 0 saturated heterocycles. The summed E-state index contributed by atoms with van der Waals surface area (Å²) < 4.78 is 0. The molecule has 0 aromatic heterocycles. The Hall–Kier alpha value is -2.33. The highest BCUT2D eigenvalue weighted by molar-refractivity contribution is 6.31. The van der Waals surface area contributed by atoms with Crippen LogP contribution in [0.4, 0.5) is 5.69 Å². The topological polar surface area (TPSA) is 58.2 Å². The Labute approximate surface area is 165 Å². The number of amides is 2. The molecular formula is C22H25ClN2O2. The molecule has 142 valence electrons. The molecule has 1 fully saturated rings. The highest BCUT2D eigenvalue weighted by atomic mass is 35.5. The molecule has 0 atom stereocenters. The first-order chi connectivity index (χ1) is 13.0. The van der Waals surface area contributed by atoms with Gasteiger partial charge in [-0.15, -0.1) is 0 Å².